The molecular weight excluding hydrogens is 479 g/mol. The number of amides is 1. The third kappa shape index (κ3) is 3.28. The molecule has 0 aromatic carbocycles. The van der Waals surface area contributed by atoms with E-state index in [1.807, 2.05) is 0 Å². The van der Waals surface area contributed by atoms with Gasteiger partial charge >= 0.3 is 0 Å². The van der Waals surface area contributed by atoms with E-state index in [2.05, 4.69) is 30.6 Å². The van der Waals surface area contributed by atoms with E-state index in [1.54, 1.807) is 29.8 Å². The van der Waals surface area contributed by atoms with Crippen molar-refractivity contribution in [3.63, 3.8) is 0 Å². The van der Waals surface area contributed by atoms with Crippen LogP contribution in [0.4, 0.5) is 5.69 Å². The topological polar surface area (TPSA) is 123 Å². The predicted molar refractivity (Wildman–Crippen MR) is 124 cm³/mol. The summed E-state index contributed by atoms with van der Waals surface area (Å²) in [5.74, 6) is -0.216. The van der Waals surface area contributed by atoms with Crippen LogP contribution in [-0.2, 0) is 10.2 Å². The number of anilines is 1. The molecule has 6 rings (SSSR count). The minimum atomic E-state index is -0.757. The highest BCUT2D eigenvalue weighted by Crippen LogP contribution is 2.56. The van der Waals surface area contributed by atoms with Crippen LogP contribution in [0.25, 0.3) is 11.5 Å². The first-order chi connectivity index (χ1) is 16.3. The van der Waals surface area contributed by atoms with Gasteiger partial charge in [0.25, 0.3) is 0 Å². The van der Waals surface area contributed by atoms with E-state index < -0.39 is 6.10 Å². The fraction of sp³-hybridized carbons (Fsp3) is 0.364. The lowest BCUT2D eigenvalue weighted by atomic mass is 9.66. The molecule has 2 unspecified atom stereocenters. The molecule has 2 aliphatic rings. The average molecular weight is 499 g/mol. The van der Waals surface area contributed by atoms with E-state index >= 15 is 0 Å². The van der Waals surface area contributed by atoms with Gasteiger partial charge in [-0.05, 0) is 32.3 Å². The molecule has 12 heteroatoms. The number of pyridine rings is 1. The molecule has 4 heterocycles. The van der Waals surface area contributed by atoms with Crippen LogP contribution < -0.4 is 5.32 Å². The van der Waals surface area contributed by atoms with Crippen molar-refractivity contribution in [3.05, 3.63) is 57.9 Å². The number of hydrogen-bond acceptors (Lipinski definition) is 7. The maximum atomic E-state index is 13.4. The molecule has 10 nitrogen and oxygen atoms in total. The van der Waals surface area contributed by atoms with Gasteiger partial charge < -0.3 is 10.4 Å². The predicted octanol–water partition coefficient (Wildman–Crippen LogP) is 3.61. The number of carbonyl (C=O) groups excluding carboxylic acids is 1. The molecule has 2 atom stereocenters. The van der Waals surface area contributed by atoms with Crippen LogP contribution in [0.3, 0.4) is 0 Å². The maximum Gasteiger partial charge on any atom is 0.232 e. The van der Waals surface area contributed by atoms with Gasteiger partial charge in [0, 0.05) is 23.2 Å². The second-order valence-electron chi connectivity index (χ2n) is 8.94. The Hall–Kier alpha value is -3.08. The molecule has 1 amide bonds. The molecule has 1 saturated carbocycles. The Balaban J connectivity index is 1.28. The van der Waals surface area contributed by atoms with Crippen LogP contribution in [0.1, 0.15) is 61.6 Å². The first-order valence-electron chi connectivity index (χ1n) is 11.0. The van der Waals surface area contributed by atoms with Gasteiger partial charge in [-0.25, -0.2) is 14.5 Å². The molecule has 1 spiro atoms. The van der Waals surface area contributed by atoms with Crippen LogP contribution in [0, 0.1) is 0 Å². The Bertz CT molecular complexity index is 1440. The zero-order chi connectivity index (χ0) is 23.6. The Morgan fingerprint density at radius 3 is 2.71 bits per heavy atom. The number of aromatic nitrogens is 7. The molecule has 0 aliphatic heterocycles. The van der Waals surface area contributed by atoms with Crippen molar-refractivity contribution >= 4 is 40.4 Å². The zero-order valence-corrected chi connectivity index (χ0v) is 19.6. The molecule has 0 radical (unpaired) electrons. The first kappa shape index (κ1) is 21.5. The summed E-state index contributed by atoms with van der Waals surface area (Å²) in [6.07, 6.45) is 7.81. The van der Waals surface area contributed by atoms with Crippen LogP contribution in [0.2, 0.25) is 10.2 Å². The van der Waals surface area contributed by atoms with Gasteiger partial charge in [0.2, 0.25) is 5.91 Å². The van der Waals surface area contributed by atoms with Crippen LogP contribution >= 0.6 is 23.2 Å². The van der Waals surface area contributed by atoms with Crippen molar-refractivity contribution in [2.45, 2.75) is 50.0 Å². The Kier molecular flexibility index (Phi) is 4.87. The van der Waals surface area contributed by atoms with Crippen molar-refractivity contribution in [2.24, 2.45) is 0 Å². The Morgan fingerprint density at radius 2 is 2.03 bits per heavy atom. The van der Waals surface area contributed by atoms with Gasteiger partial charge in [0.05, 0.1) is 40.8 Å². The van der Waals surface area contributed by atoms with Gasteiger partial charge in [0.1, 0.15) is 5.69 Å². The summed E-state index contributed by atoms with van der Waals surface area (Å²) in [4.78, 5) is 23.4. The highest BCUT2D eigenvalue weighted by Gasteiger charge is 2.52. The summed E-state index contributed by atoms with van der Waals surface area (Å²) in [6, 6.07) is 3.34. The highest BCUT2D eigenvalue weighted by atomic mass is 35.5. The first-order valence-corrected chi connectivity index (χ1v) is 11.7. The highest BCUT2D eigenvalue weighted by molar-refractivity contribution is 6.32. The number of fused-ring (bicyclic) bond motifs is 4. The summed E-state index contributed by atoms with van der Waals surface area (Å²) in [7, 11) is 0. The van der Waals surface area contributed by atoms with Gasteiger partial charge in [-0.3, -0.25) is 4.79 Å². The molecule has 0 bridgehead atoms. The number of nitrogens with zero attached hydrogens (tertiary/aromatic N) is 7. The SMILES string of the molecule is CC(O)c1cnn(-c2ncc(NC(=O)C3CC4(CCC4)c4c3cnc3cc(Cl)nn43)cc2Cl)n1. The van der Waals surface area contributed by atoms with Crippen molar-refractivity contribution in [3.8, 4) is 5.82 Å². The van der Waals surface area contributed by atoms with Crippen LogP contribution in [0.5, 0.6) is 0 Å². The number of rotatable bonds is 4. The summed E-state index contributed by atoms with van der Waals surface area (Å²) in [6.45, 7) is 1.60. The molecular formula is C22H20Cl2N8O2. The summed E-state index contributed by atoms with van der Waals surface area (Å²) in [5, 5.41) is 26.0. The number of aliphatic hydroxyl groups is 1. The lowest BCUT2D eigenvalue weighted by molar-refractivity contribution is -0.117. The van der Waals surface area contributed by atoms with Crippen molar-refractivity contribution in [1.29, 1.82) is 0 Å². The fourth-order valence-corrected chi connectivity index (χ4v) is 5.44. The van der Waals surface area contributed by atoms with E-state index in [4.69, 9.17) is 23.2 Å². The molecule has 4 aromatic rings. The van der Waals surface area contributed by atoms with Gasteiger partial charge in [0.15, 0.2) is 16.6 Å². The number of halogens is 2. The Labute approximate surface area is 203 Å². The molecule has 4 aromatic heterocycles. The van der Waals surface area contributed by atoms with E-state index in [1.165, 1.54) is 17.2 Å². The standard InChI is InChI=1S/C22H20Cl2N8O2/c1-11(33)16-10-27-32(29-16)20-15(23)5-12(8-26-20)28-21(34)13-7-22(3-2-4-22)19-14(13)9-25-18-6-17(24)30-31(18)19/h5-6,8-11,13,33H,2-4,7H2,1H3,(H,28,34). The van der Waals surface area contributed by atoms with Crippen molar-refractivity contribution in [2.75, 3.05) is 5.32 Å². The number of nitrogens with one attached hydrogen (secondary N) is 1. The molecule has 0 saturated heterocycles. The Morgan fingerprint density at radius 1 is 1.21 bits per heavy atom. The minimum Gasteiger partial charge on any atom is -0.387 e. The molecule has 1 fully saturated rings. The maximum absolute atomic E-state index is 13.4. The molecule has 34 heavy (non-hydrogen) atoms. The van der Waals surface area contributed by atoms with Gasteiger partial charge in [-0.2, -0.15) is 10.2 Å². The van der Waals surface area contributed by atoms with E-state index in [0.717, 1.165) is 30.5 Å². The van der Waals surface area contributed by atoms with Crippen molar-refractivity contribution < 1.29 is 9.90 Å². The second kappa shape index (κ2) is 7.72. The van der Waals surface area contributed by atoms with Crippen LogP contribution in [0.15, 0.2) is 30.7 Å². The molecule has 2 N–H and O–H groups in total. The van der Waals surface area contributed by atoms with E-state index in [0.29, 0.717) is 34.4 Å². The summed E-state index contributed by atoms with van der Waals surface area (Å²) >= 11 is 12.6. The summed E-state index contributed by atoms with van der Waals surface area (Å²) < 4.78 is 1.80. The third-order valence-corrected chi connectivity index (χ3v) is 7.26. The normalized spacial score (nSPS) is 19.2. The fourth-order valence-electron chi connectivity index (χ4n) is 5.02. The summed E-state index contributed by atoms with van der Waals surface area (Å²) in [5.41, 5.74) is 3.40. The van der Waals surface area contributed by atoms with Gasteiger partial charge in [-0.15, -0.1) is 9.90 Å². The average Bonchev–Trinajstić information content (AvgIpc) is 3.47. The molecule has 174 valence electrons. The zero-order valence-electron chi connectivity index (χ0n) is 18.1. The second-order valence-corrected chi connectivity index (χ2v) is 9.74. The van der Waals surface area contributed by atoms with E-state index in [9.17, 15) is 9.90 Å². The quantitative estimate of drug-likeness (QED) is 0.440. The van der Waals surface area contributed by atoms with E-state index in [-0.39, 0.29) is 22.3 Å². The smallest absolute Gasteiger partial charge is 0.232 e. The van der Waals surface area contributed by atoms with Gasteiger partial charge in [-0.1, -0.05) is 29.6 Å². The minimum absolute atomic E-state index is 0.0824. The molecule has 2 aliphatic carbocycles. The third-order valence-electron chi connectivity index (χ3n) is 6.80. The van der Waals surface area contributed by atoms with Crippen molar-refractivity contribution in [1.82, 2.24) is 34.6 Å². The van der Waals surface area contributed by atoms with Crippen LogP contribution in [-0.4, -0.2) is 45.6 Å². The number of hydrogen-bond donors (Lipinski definition) is 2. The largest absolute Gasteiger partial charge is 0.387 e. The monoisotopic (exact) mass is 498 g/mol. The lowest BCUT2D eigenvalue weighted by Gasteiger charge is -2.39. The number of carbonyl (C=O) groups is 1. The lowest BCUT2D eigenvalue weighted by Crippen LogP contribution is -2.34. The number of aliphatic hydroxyl groups excluding tert-OH is 1.